The van der Waals surface area contributed by atoms with Crippen LogP contribution in [0.5, 0.6) is 0 Å². The number of ether oxygens (including phenoxy) is 1. The minimum Gasteiger partial charge on any atom is -0.451 e. The lowest BCUT2D eigenvalue weighted by Crippen LogP contribution is -2.35. The standard InChI is InChI=1S/C20H25N3O3/c1-5-15-6-8-16(9-7-15)19(13(2)3)23-18(24)12-26-20(25)17-11-21-14(4)10-22-17/h6-11,13,19H,5,12H2,1-4H3,(H,23,24)/t19-/m0/s1. The summed E-state index contributed by atoms with van der Waals surface area (Å²) in [6, 6.07) is 8.03. The van der Waals surface area contributed by atoms with Crippen molar-refractivity contribution in [1.29, 1.82) is 0 Å². The highest BCUT2D eigenvalue weighted by Crippen LogP contribution is 2.22. The molecule has 0 radical (unpaired) electrons. The van der Waals surface area contributed by atoms with Gasteiger partial charge in [0.05, 0.1) is 17.9 Å². The number of rotatable bonds is 7. The van der Waals surface area contributed by atoms with Crippen molar-refractivity contribution in [2.24, 2.45) is 5.92 Å². The zero-order valence-corrected chi connectivity index (χ0v) is 15.7. The SMILES string of the molecule is CCc1ccc([C@@H](NC(=O)COC(=O)c2cnc(C)cn2)C(C)C)cc1. The fourth-order valence-electron chi connectivity index (χ4n) is 2.51. The molecule has 1 aromatic carbocycles. The number of carbonyl (C=O) groups excluding carboxylic acids is 2. The molecule has 0 aliphatic carbocycles. The lowest BCUT2D eigenvalue weighted by Gasteiger charge is -2.23. The molecule has 2 rings (SSSR count). The minimum atomic E-state index is -0.666. The van der Waals surface area contributed by atoms with Gasteiger partial charge in [0, 0.05) is 6.20 Å². The van der Waals surface area contributed by atoms with Gasteiger partial charge in [-0.3, -0.25) is 9.78 Å². The summed E-state index contributed by atoms with van der Waals surface area (Å²) in [4.78, 5) is 32.1. The number of amides is 1. The van der Waals surface area contributed by atoms with Crippen LogP contribution in [-0.4, -0.2) is 28.5 Å². The van der Waals surface area contributed by atoms with Crippen LogP contribution >= 0.6 is 0 Å². The number of carbonyl (C=O) groups is 2. The van der Waals surface area contributed by atoms with Gasteiger partial charge in [-0.05, 0) is 30.4 Å². The highest BCUT2D eigenvalue weighted by Gasteiger charge is 2.19. The summed E-state index contributed by atoms with van der Waals surface area (Å²) in [6.45, 7) is 7.59. The lowest BCUT2D eigenvalue weighted by molar-refractivity contribution is -0.125. The second kappa shape index (κ2) is 9.08. The summed E-state index contributed by atoms with van der Waals surface area (Å²) in [5.74, 6) is -0.817. The van der Waals surface area contributed by atoms with E-state index in [4.69, 9.17) is 4.74 Å². The van der Waals surface area contributed by atoms with E-state index in [1.54, 1.807) is 6.92 Å². The van der Waals surface area contributed by atoms with E-state index in [9.17, 15) is 9.59 Å². The van der Waals surface area contributed by atoms with Crippen molar-refractivity contribution in [2.45, 2.75) is 40.2 Å². The zero-order valence-electron chi connectivity index (χ0n) is 15.7. The van der Waals surface area contributed by atoms with E-state index in [2.05, 4.69) is 34.3 Å². The maximum Gasteiger partial charge on any atom is 0.359 e. The smallest absolute Gasteiger partial charge is 0.359 e. The van der Waals surface area contributed by atoms with E-state index in [-0.39, 0.29) is 30.2 Å². The van der Waals surface area contributed by atoms with Gasteiger partial charge in [-0.1, -0.05) is 45.0 Å². The van der Waals surface area contributed by atoms with Gasteiger partial charge in [0.25, 0.3) is 5.91 Å². The number of benzene rings is 1. The quantitative estimate of drug-likeness (QED) is 0.772. The van der Waals surface area contributed by atoms with E-state index in [1.807, 2.05) is 26.0 Å². The van der Waals surface area contributed by atoms with Gasteiger partial charge < -0.3 is 10.1 Å². The molecule has 1 heterocycles. The summed E-state index contributed by atoms with van der Waals surface area (Å²) in [5.41, 5.74) is 3.06. The Bertz CT molecular complexity index is 740. The Morgan fingerprint density at radius 1 is 1.12 bits per heavy atom. The summed E-state index contributed by atoms with van der Waals surface area (Å²) >= 11 is 0. The third kappa shape index (κ3) is 5.37. The average Bonchev–Trinajstić information content (AvgIpc) is 2.64. The van der Waals surface area contributed by atoms with Gasteiger partial charge in [0.1, 0.15) is 0 Å². The molecule has 0 saturated carbocycles. The molecule has 0 aliphatic heterocycles. The molecule has 0 fully saturated rings. The van der Waals surface area contributed by atoms with Crippen molar-refractivity contribution >= 4 is 11.9 Å². The van der Waals surface area contributed by atoms with E-state index in [0.717, 1.165) is 12.0 Å². The van der Waals surface area contributed by atoms with Gasteiger partial charge in [-0.2, -0.15) is 0 Å². The highest BCUT2D eigenvalue weighted by atomic mass is 16.5. The number of nitrogens with zero attached hydrogens (tertiary/aromatic N) is 2. The molecule has 0 bridgehead atoms. The predicted octanol–water partition coefficient (Wildman–Crippen LogP) is 3.02. The zero-order chi connectivity index (χ0) is 19.1. The van der Waals surface area contributed by atoms with Crippen LogP contribution in [0, 0.1) is 12.8 Å². The van der Waals surface area contributed by atoms with Crippen molar-refractivity contribution < 1.29 is 14.3 Å². The first-order valence-electron chi connectivity index (χ1n) is 8.74. The van der Waals surface area contributed by atoms with Crippen LogP contribution in [0.1, 0.15) is 54.1 Å². The molecule has 1 N–H and O–H groups in total. The van der Waals surface area contributed by atoms with Crippen molar-refractivity contribution in [3.63, 3.8) is 0 Å². The van der Waals surface area contributed by atoms with E-state index < -0.39 is 5.97 Å². The topological polar surface area (TPSA) is 81.2 Å². The van der Waals surface area contributed by atoms with Gasteiger partial charge >= 0.3 is 5.97 Å². The van der Waals surface area contributed by atoms with Gasteiger partial charge in [-0.25, -0.2) is 9.78 Å². The van der Waals surface area contributed by atoms with Crippen LogP contribution in [-0.2, 0) is 16.0 Å². The Hall–Kier alpha value is -2.76. The van der Waals surface area contributed by atoms with E-state index in [1.165, 1.54) is 18.0 Å². The number of esters is 1. The molecule has 1 amide bonds. The highest BCUT2D eigenvalue weighted by molar-refractivity contribution is 5.89. The average molecular weight is 355 g/mol. The third-order valence-electron chi connectivity index (χ3n) is 4.05. The third-order valence-corrected chi connectivity index (χ3v) is 4.05. The van der Waals surface area contributed by atoms with E-state index >= 15 is 0 Å². The molecule has 0 saturated heterocycles. The Kier molecular flexibility index (Phi) is 6.83. The van der Waals surface area contributed by atoms with Crippen LogP contribution in [0.15, 0.2) is 36.7 Å². The minimum absolute atomic E-state index is 0.0824. The van der Waals surface area contributed by atoms with Crippen molar-refractivity contribution in [2.75, 3.05) is 6.61 Å². The normalized spacial score (nSPS) is 11.9. The van der Waals surface area contributed by atoms with Crippen LogP contribution in [0.3, 0.4) is 0 Å². The van der Waals surface area contributed by atoms with Crippen LogP contribution in [0.4, 0.5) is 0 Å². The largest absolute Gasteiger partial charge is 0.451 e. The number of hydrogen-bond acceptors (Lipinski definition) is 5. The molecule has 6 nitrogen and oxygen atoms in total. The van der Waals surface area contributed by atoms with Crippen molar-refractivity contribution in [3.05, 3.63) is 59.2 Å². The Morgan fingerprint density at radius 3 is 2.35 bits per heavy atom. The van der Waals surface area contributed by atoms with Gasteiger partial charge in [0.2, 0.25) is 0 Å². The number of aryl methyl sites for hydroxylation is 2. The predicted molar refractivity (Wildman–Crippen MR) is 98.6 cm³/mol. The molecule has 2 aromatic rings. The van der Waals surface area contributed by atoms with Gasteiger partial charge in [0.15, 0.2) is 12.3 Å². The van der Waals surface area contributed by atoms with Crippen LogP contribution < -0.4 is 5.32 Å². The van der Waals surface area contributed by atoms with Crippen LogP contribution in [0.25, 0.3) is 0 Å². The van der Waals surface area contributed by atoms with Crippen LogP contribution in [0.2, 0.25) is 0 Å². The number of hydrogen-bond donors (Lipinski definition) is 1. The molecule has 138 valence electrons. The second-order valence-corrected chi connectivity index (χ2v) is 6.50. The number of nitrogens with one attached hydrogen (secondary N) is 1. The lowest BCUT2D eigenvalue weighted by atomic mass is 9.95. The first-order valence-corrected chi connectivity index (χ1v) is 8.74. The Morgan fingerprint density at radius 2 is 1.81 bits per heavy atom. The van der Waals surface area contributed by atoms with Gasteiger partial charge in [-0.15, -0.1) is 0 Å². The van der Waals surface area contributed by atoms with Crippen molar-refractivity contribution in [3.8, 4) is 0 Å². The fourth-order valence-corrected chi connectivity index (χ4v) is 2.51. The molecule has 0 unspecified atom stereocenters. The second-order valence-electron chi connectivity index (χ2n) is 6.50. The van der Waals surface area contributed by atoms with E-state index in [0.29, 0.717) is 5.69 Å². The maximum absolute atomic E-state index is 12.2. The summed E-state index contributed by atoms with van der Waals surface area (Å²) in [5, 5.41) is 2.93. The molecule has 1 atom stereocenters. The van der Waals surface area contributed by atoms with Crippen molar-refractivity contribution in [1.82, 2.24) is 15.3 Å². The first kappa shape index (κ1) is 19.6. The fraction of sp³-hybridized carbons (Fsp3) is 0.400. The summed E-state index contributed by atoms with van der Waals surface area (Å²) < 4.78 is 5.03. The number of aromatic nitrogens is 2. The molecular formula is C20H25N3O3. The Labute approximate surface area is 154 Å². The first-order chi connectivity index (χ1) is 12.4. The Balaban J connectivity index is 1.94. The summed E-state index contributed by atoms with van der Waals surface area (Å²) in [6.07, 6.45) is 3.78. The molecule has 26 heavy (non-hydrogen) atoms. The molecule has 1 aromatic heterocycles. The molecule has 0 aliphatic rings. The summed E-state index contributed by atoms with van der Waals surface area (Å²) in [7, 11) is 0. The monoisotopic (exact) mass is 355 g/mol. The molecule has 0 spiro atoms. The maximum atomic E-state index is 12.2. The molecule has 6 heteroatoms. The molecular weight excluding hydrogens is 330 g/mol.